The van der Waals surface area contributed by atoms with Crippen LogP contribution in [0.25, 0.3) is 0 Å². The summed E-state index contributed by atoms with van der Waals surface area (Å²) < 4.78 is 58.0. The van der Waals surface area contributed by atoms with Gasteiger partial charge >= 0.3 is 6.18 Å². The molecule has 0 amide bonds. The maximum absolute atomic E-state index is 13.3. The molecule has 1 aliphatic carbocycles. The van der Waals surface area contributed by atoms with Gasteiger partial charge < -0.3 is 24.4 Å². The van der Waals surface area contributed by atoms with Gasteiger partial charge in [-0.05, 0) is 36.3 Å². The number of fused-ring (bicyclic) bond motifs is 4. The number of ether oxygens (including phenoxy) is 3. The van der Waals surface area contributed by atoms with Crippen LogP contribution in [0, 0.1) is 5.41 Å². The zero-order valence-corrected chi connectivity index (χ0v) is 21.6. The molecule has 7 nitrogen and oxygen atoms in total. The van der Waals surface area contributed by atoms with Gasteiger partial charge in [0.05, 0.1) is 23.1 Å². The SMILES string of the molecule is CC1(C)C[C@H](O)c2c(nc(C3CCOCC3)c3c2C2(CCOCC2)O[C@@H]3c2ccc(C(F)(F)F)nc2)[C@@H]1O. The molecule has 10 heteroatoms. The van der Waals surface area contributed by atoms with Crippen molar-refractivity contribution in [1.82, 2.24) is 9.97 Å². The van der Waals surface area contributed by atoms with Crippen LogP contribution >= 0.6 is 0 Å². The summed E-state index contributed by atoms with van der Waals surface area (Å²) >= 11 is 0. The molecule has 0 radical (unpaired) electrons. The summed E-state index contributed by atoms with van der Waals surface area (Å²) in [4.78, 5) is 8.79. The molecular weight excluding hydrogens is 501 g/mol. The fraction of sp³-hybridized carbons (Fsp3) is 0.643. The number of rotatable bonds is 2. The second-order valence-corrected chi connectivity index (χ2v) is 11.7. The number of nitrogens with zero attached hydrogens (tertiary/aromatic N) is 2. The van der Waals surface area contributed by atoms with E-state index in [-0.39, 0.29) is 5.92 Å². The van der Waals surface area contributed by atoms with Crippen LogP contribution in [0.4, 0.5) is 13.2 Å². The maximum Gasteiger partial charge on any atom is 0.433 e. The van der Waals surface area contributed by atoms with E-state index in [2.05, 4.69) is 4.98 Å². The highest BCUT2D eigenvalue weighted by atomic mass is 19.4. The average Bonchev–Trinajstić information content (AvgIpc) is 3.21. The van der Waals surface area contributed by atoms with Gasteiger partial charge in [-0.2, -0.15) is 13.2 Å². The van der Waals surface area contributed by atoms with Crippen molar-refractivity contribution in [3.63, 3.8) is 0 Å². The van der Waals surface area contributed by atoms with Crippen LogP contribution in [0.15, 0.2) is 18.3 Å². The van der Waals surface area contributed by atoms with Crippen molar-refractivity contribution in [3.05, 3.63) is 57.7 Å². The monoisotopic (exact) mass is 534 g/mol. The summed E-state index contributed by atoms with van der Waals surface area (Å²) in [5, 5.41) is 22.9. The number of aromatic nitrogens is 2. The lowest BCUT2D eigenvalue weighted by atomic mass is 9.68. The van der Waals surface area contributed by atoms with E-state index in [1.807, 2.05) is 13.8 Å². The standard InChI is InChI=1S/C28H33F3N2O5/c1-26(2)13-17(34)19-21-20(22(33-23(19)25(26)35)15-5-9-36-10-6-15)24(38-27(21)7-11-37-12-8-27)16-3-4-18(32-14-16)28(29,30)31/h3-4,14-15,17,24-25,34-35H,5-13H2,1-2H3/t17-,24+,25-/m0/s1. The number of pyridine rings is 2. The molecular formula is C28H33F3N2O5. The normalized spacial score (nSPS) is 28.8. The molecule has 38 heavy (non-hydrogen) atoms. The fourth-order valence-corrected chi connectivity index (χ4v) is 6.69. The molecule has 2 aromatic rings. The first kappa shape index (κ1) is 26.1. The molecule has 2 saturated heterocycles. The zero-order chi connectivity index (χ0) is 26.9. The lowest BCUT2D eigenvalue weighted by Gasteiger charge is -2.42. The topological polar surface area (TPSA) is 93.9 Å². The van der Waals surface area contributed by atoms with Gasteiger partial charge in [-0.25, -0.2) is 0 Å². The van der Waals surface area contributed by atoms with E-state index in [0.29, 0.717) is 62.5 Å². The first-order chi connectivity index (χ1) is 18.0. The highest BCUT2D eigenvalue weighted by Gasteiger charge is 2.54. The predicted molar refractivity (Wildman–Crippen MR) is 129 cm³/mol. The predicted octanol–water partition coefficient (Wildman–Crippen LogP) is 5.01. The second-order valence-electron chi connectivity index (χ2n) is 11.7. The number of hydrogen-bond acceptors (Lipinski definition) is 7. The van der Waals surface area contributed by atoms with Gasteiger partial charge in [0.25, 0.3) is 0 Å². The molecule has 2 fully saturated rings. The van der Waals surface area contributed by atoms with E-state index in [1.54, 1.807) is 0 Å². The first-order valence-electron chi connectivity index (χ1n) is 13.3. The third-order valence-electron chi connectivity index (χ3n) is 8.73. The molecule has 2 N–H and O–H groups in total. The highest BCUT2D eigenvalue weighted by molar-refractivity contribution is 5.55. The van der Waals surface area contributed by atoms with E-state index in [1.165, 1.54) is 12.3 Å². The summed E-state index contributed by atoms with van der Waals surface area (Å²) in [7, 11) is 0. The summed E-state index contributed by atoms with van der Waals surface area (Å²) in [5.74, 6) is 0.0284. The summed E-state index contributed by atoms with van der Waals surface area (Å²) in [6, 6.07) is 2.40. The average molecular weight is 535 g/mol. The largest absolute Gasteiger partial charge is 0.433 e. The molecule has 0 aromatic carbocycles. The zero-order valence-electron chi connectivity index (χ0n) is 21.6. The van der Waals surface area contributed by atoms with Crippen molar-refractivity contribution in [2.24, 2.45) is 5.41 Å². The molecule has 5 heterocycles. The Morgan fingerprint density at radius 2 is 1.63 bits per heavy atom. The summed E-state index contributed by atoms with van der Waals surface area (Å²) in [6.45, 7) is 5.88. The van der Waals surface area contributed by atoms with E-state index in [0.717, 1.165) is 35.7 Å². The highest BCUT2D eigenvalue weighted by Crippen LogP contribution is 2.59. The molecule has 0 saturated carbocycles. The van der Waals surface area contributed by atoms with E-state index >= 15 is 0 Å². The quantitative estimate of drug-likeness (QED) is 0.559. The molecule has 6 rings (SSSR count). The molecule has 2 aromatic heterocycles. The Hall–Kier alpha value is -2.11. The molecule has 0 bridgehead atoms. The minimum atomic E-state index is -4.55. The van der Waals surface area contributed by atoms with Gasteiger partial charge in [0.1, 0.15) is 17.9 Å². The van der Waals surface area contributed by atoms with Crippen LogP contribution in [0.3, 0.4) is 0 Å². The number of aliphatic hydroxyl groups is 2. The third-order valence-corrected chi connectivity index (χ3v) is 8.73. The van der Waals surface area contributed by atoms with Crippen molar-refractivity contribution < 1.29 is 37.6 Å². The minimum absolute atomic E-state index is 0.0284. The second kappa shape index (κ2) is 9.23. The van der Waals surface area contributed by atoms with Crippen LogP contribution in [-0.2, 0) is 26.0 Å². The van der Waals surface area contributed by atoms with E-state index < -0.39 is 41.2 Å². The Balaban J connectivity index is 1.60. The maximum atomic E-state index is 13.3. The number of aliphatic hydroxyl groups excluding tert-OH is 2. The third kappa shape index (κ3) is 4.16. The molecule has 0 unspecified atom stereocenters. The Kier molecular flexibility index (Phi) is 6.35. The van der Waals surface area contributed by atoms with Crippen molar-refractivity contribution in [2.45, 2.75) is 82.0 Å². The van der Waals surface area contributed by atoms with E-state index in [9.17, 15) is 23.4 Å². The molecule has 1 spiro atoms. The summed E-state index contributed by atoms with van der Waals surface area (Å²) in [5.41, 5.74) is 1.64. The van der Waals surface area contributed by atoms with Gasteiger partial charge in [0.2, 0.25) is 0 Å². The van der Waals surface area contributed by atoms with Crippen LogP contribution in [-0.4, -0.2) is 46.6 Å². The van der Waals surface area contributed by atoms with Gasteiger partial charge in [0, 0.05) is 68.1 Å². The number of hydrogen-bond donors (Lipinski definition) is 2. The lowest BCUT2D eigenvalue weighted by molar-refractivity contribution is -0.141. The lowest BCUT2D eigenvalue weighted by Crippen LogP contribution is -2.38. The Bertz CT molecular complexity index is 1200. The van der Waals surface area contributed by atoms with E-state index in [4.69, 9.17) is 19.2 Å². The first-order valence-corrected chi connectivity index (χ1v) is 13.3. The van der Waals surface area contributed by atoms with Crippen LogP contribution in [0.1, 0.15) is 110 Å². The van der Waals surface area contributed by atoms with Crippen LogP contribution in [0.2, 0.25) is 0 Å². The smallest absolute Gasteiger partial charge is 0.388 e. The van der Waals surface area contributed by atoms with Crippen molar-refractivity contribution >= 4 is 0 Å². The summed E-state index contributed by atoms with van der Waals surface area (Å²) in [6.07, 6.45) is -2.88. The minimum Gasteiger partial charge on any atom is -0.388 e. The van der Waals surface area contributed by atoms with Crippen LogP contribution < -0.4 is 0 Å². The van der Waals surface area contributed by atoms with Gasteiger partial charge in [-0.15, -0.1) is 0 Å². The van der Waals surface area contributed by atoms with Crippen molar-refractivity contribution in [3.8, 4) is 0 Å². The van der Waals surface area contributed by atoms with Crippen LogP contribution in [0.5, 0.6) is 0 Å². The molecule has 3 aliphatic heterocycles. The Morgan fingerprint density at radius 1 is 0.947 bits per heavy atom. The molecule has 4 aliphatic rings. The van der Waals surface area contributed by atoms with Crippen molar-refractivity contribution in [1.29, 1.82) is 0 Å². The Morgan fingerprint density at radius 3 is 2.26 bits per heavy atom. The van der Waals surface area contributed by atoms with Crippen molar-refractivity contribution in [2.75, 3.05) is 26.4 Å². The van der Waals surface area contributed by atoms with Gasteiger partial charge in [0.15, 0.2) is 0 Å². The molecule has 206 valence electrons. The molecule has 3 atom stereocenters. The van der Waals surface area contributed by atoms with Gasteiger partial charge in [-0.1, -0.05) is 19.9 Å². The number of alkyl halides is 3. The van der Waals surface area contributed by atoms with Gasteiger partial charge in [-0.3, -0.25) is 9.97 Å². The fourth-order valence-electron chi connectivity index (χ4n) is 6.69. The Labute approximate surface area is 219 Å². The number of halogens is 3.